The van der Waals surface area contributed by atoms with Gasteiger partial charge in [0.15, 0.2) is 0 Å². The molecule has 5 nitrogen and oxygen atoms in total. The van der Waals surface area contributed by atoms with E-state index >= 15 is 0 Å². The number of hydrogen-bond donors (Lipinski definition) is 2. The van der Waals surface area contributed by atoms with Gasteiger partial charge in [0.25, 0.3) is 0 Å². The Morgan fingerprint density at radius 1 is 0.933 bits per heavy atom. The first-order valence-corrected chi connectivity index (χ1v) is 10.3. The van der Waals surface area contributed by atoms with Gasteiger partial charge in [0.2, 0.25) is 5.96 Å². The second kappa shape index (κ2) is 9.37. The fourth-order valence-corrected chi connectivity index (χ4v) is 3.67. The van der Waals surface area contributed by atoms with E-state index in [0.29, 0.717) is 5.96 Å². The molecule has 0 atom stereocenters. The molecule has 1 heterocycles. The summed E-state index contributed by atoms with van der Waals surface area (Å²) in [6.45, 7) is 9.89. The number of benzene rings is 3. The molecule has 3 aromatic rings. The van der Waals surface area contributed by atoms with Gasteiger partial charge in [0, 0.05) is 43.1 Å². The Kier molecular flexibility index (Phi) is 6.20. The van der Waals surface area contributed by atoms with Crippen LogP contribution in [0.25, 0.3) is 11.1 Å². The molecule has 3 aromatic carbocycles. The molecule has 1 aliphatic heterocycles. The van der Waals surface area contributed by atoms with Gasteiger partial charge < -0.3 is 15.5 Å². The summed E-state index contributed by atoms with van der Waals surface area (Å²) in [5.41, 5.74) is 6.37. The molecule has 0 unspecified atom stereocenters. The zero-order chi connectivity index (χ0) is 20.8. The molecule has 1 fully saturated rings. The maximum absolute atomic E-state index is 4.82. The minimum absolute atomic E-state index is 0.483. The molecule has 4 rings (SSSR count). The van der Waals surface area contributed by atoms with Gasteiger partial charge in [-0.3, -0.25) is 0 Å². The standard InChI is InChI=1S/C25H27N5/c1-19-7-6-10-23(20-8-4-3-5-9-20)24(19)29-25(26-2)28-21-11-13-22(14-12-21)30-17-15-27-16-18-30/h3-14,27H,2,15-18H2,1H3,(H,28,29). The highest BCUT2D eigenvalue weighted by molar-refractivity contribution is 5.99. The van der Waals surface area contributed by atoms with Crippen molar-refractivity contribution in [3.05, 3.63) is 78.4 Å². The number of guanidine groups is 1. The number of aliphatic imine (C=N–C) groups is 2. The number of hydrogen-bond acceptors (Lipinski definition) is 3. The van der Waals surface area contributed by atoms with E-state index in [-0.39, 0.29) is 0 Å². The average Bonchev–Trinajstić information content (AvgIpc) is 2.81. The second-order valence-electron chi connectivity index (χ2n) is 7.34. The van der Waals surface area contributed by atoms with Gasteiger partial charge >= 0.3 is 0 Å². The molecule has 152 valence electrons. The van der Waals surface area contributed by atoms with Crippen LogP contribution < -0.4 is 15.5 Å². The molecule has 0 amide bonds. The summed E-state index contributed by atoms with van der Waals surface area (Å²) in [7, 11) is 0. The van der Waals surface area contributed by atoms with Crippen molar-refractivity contribution in [2.24, 2.45) is 9.98 Å². The lowest BCUT2D eigenvalue weighted by molar-refractivity contribution is 0.589. The van der Waals surface area contributed by atoms with Crippen LogP contribution in [0.3, 0.4) is 0 Å². The predicted octanol–water partition coefficient (Wildman–Crippen LogP) is 4.87. The van der Waals surface area contributed by atoms with Gasteiger partial charge in [-0.2, -0.15) is 0 Å². The minimum Gasteiger partial charge on any atom is -0.369 e. The summed E-state index contributed by atoms with van der Waals surface area (Å²) in [6.07, 6.45) is 0. The molecule has 2 N–H and O–H groups in total. The van der Waals surface area contributed by atoms with Crippen molar-refractivity contribution < 1.29 is 0 Å². The Morgan fingerprint density at radius 3 is 2.37 bits per heavy atom. The van der Waals surface area contributed by atoms with Crippen molar-refractivity contribution in [3.63, 3.8) is 0 Å². The Bertz CT molecular complexity index is 1020. The number of para-hydroxylation sites is 1. The van der Waals surface area contributed by atoms with E-state index in [0.717, 1.165) is 54.2 Å². The highest BCUT2D eigenvalue weighted by Crippen LogP contribution is 2.33. The maximum Gasteiger partial charge on any atom is 0.227 e. The van der Waals surface area contributed by atoms with Gasteiger partial charge in [-0.15, -0.1) is 0 Å². The third-order valence-corrected chi connectivity index (χ3v) is 5.30. The summed E-state index contributed by atoms with van der Waals surface area (Å²) in [5, 5.41) is 6.69. The quantitative estimate of drug-likeness (QED) is 0.488. The Balaban J connectivity index is 1.58. The first-order valence-electron chi connectivity index (χ1n) is 10.3. The van der Waals surface area contributed by atoms with Crippen molar-refractivity contribution >= 4 is 29.7 Å². The maximum atomic E-state index is 4.82. The Morgan fingerprint density at radius 2 is 1.67 bits per heavy atom. The molecule has 30 heavy (non-hydrogen) atoms. The van der Waals surface area contributed by atoms with Crippen LogP contribution in [0.4, 0.5) is 17.1 Å². The van der Waals surface area contributed by atoms with Crippen LogP contribution in [-0.4, -0.2) is 38.9 Å². The number of piperazine rings is 1. The molecule has 1 aliphatic rings. The van der Waals surface area contributed by atoms with Crippen molar-refractivity contribution in [3.8, 4) is 11.1 Å². The molecule has 0 spiro atoms. The first-order chi connectivity index (χ1) is 14.7. The minimum atomic E-state index is 0.483. The lowest BCUT2D eigenvalue weighted by atomic mass is 10.0. The lowest BCUT2D eigenvalue weighted by Gasteiger charge is -2.29. The van der Waals surface area contributed by atoms with Gasteiger partial charge in [-0.1, -0.05) is 48.5 Å². The molecule has 0 saturated carbocycles. The van der Waals surface area contributed by atoms with Crippen LogP contribution in [0.5, 0.6) is 0 Å². The van der Waals surface area contributed by atoms with E-state index in [1.165, 1.54) is 5.69 Å². The van der Waals surface area contributed by atoms with Crippen LogP contribution in [0.15, 0.2) is 82.8 Å². The first kappa shape index (κ1) is 19.9. The average molecular weight is 398 g/mol. The van der Waals surface area contributed by atoms with E-state index in [4.69, 9.17) is 4.99 Å². The Hall–Kier alpha value is -3.44. The molecular formula is C25H27N5. The predicted molar refractivity (Wildman–Crippen MR) is 128 cm³/mol. The summed E-state index contributed by atoms with van der Waals surface area (Å²) in [5.74, 6) is 0.483. The van der Waals surface area contributed by atoms with Gasteiger partial charge in [-0.05, 0) is 49.0 Å². The SMILES string of the molecule is C=N/C(=N\c1c(C)cccc1-c1ccccc1)Nc1ccc(N2CCNCC2)cc1. The number of rotatable bonds is 4. The largest absolute Gasteiger partial charge is 0.369 e. The van der Waals surface area contributed by atoms with Gasteiger partial charge in [0.1, 0.15) is 0 Å². The monoisotopic (exact) mass is 397 g/mol. The summed E-state index contributed by atoms with van der Waals surface area (Å²) >= 11 is 0. The number of anilines is 2. The number of aryl methyl sites for hydroxylation is 1. The van der Waals surface area contributed by atoms with E-state index in [9.17, 15) is 0 Å². The second-order valence-corrected chi connectivity index (χ2v) is 7.34. The zero-order valence-electron chi connectivity index (χ0n) is 17.3. The van der Waals surface area contributed by atoms with E-state index in [1.54, 1.807) is 0 Å². The van der Waals surface area contributed by atoms with E-state index < -0.39 is 0 Å². The van der Waals surface area contributed by atoms with E-state index in [1.807, 2.05) is 18.2 Å². The fraction of sp³-hybridized carbons (Fsp3) is 0.200. The molecule has 5 heteroatoms. The van der Waals surface area contributed by atoms with Gasteiger partial charge in [0.05, 0.1) is 5.69 Å². The highest BCUT2D eigenvalue weighted by atomic mass is 15.2. The van der Waals surface area contributed by atoms with Crippen LogP contribution in [0.1, 0.15) is 5.56 Å². The summed E-state index contributed by atoms with van der Waals surface area (Å²) in [6, 6.07) is 24.9. The number of nitrogens with one attached hydrogen (secondary N) is 2. The summed E-state index contributed by atoms with van der Waals surface area (Å²) in [4.78, 5) is 11.3. The lowest BCUT2D eigenvalue weighted by Crippen LogP contribution is -2.43. The third-order valence-electron chi connectivity index (χ3n) is 5.30. The topological polar surface area (TPSA) is 52.0 Å². The fourth-order valence-electron chi connectivity index (χ4n) is 3.67. The summed E-state index contributed by atoms with van der Waals surface area (Å²) < 4.78 is 0. The molecule has 0 bridgehead atoms. The normalized spacial score (nSPS) is 14.4. The smallest absolute Gasteiger partial charge is 0.227 e. The van der Waals surface area contributed by atoms with Crippen LogP contribution in [0, 0.1) is 6.92 Å². The van der Waals surface area contributed by atoms with Gasteiger partial charge in [-0.25, -0.2) is 9.98 Å². The van der Waals surface area contributed by atoms with E-state index in [2.05, 4.69) is 88.8 Å². The van der Waals surface area contributed by atoms with Crippen molar-refractivity contribution in [2.45, 2.75) is 6.92 Å². The molecule has 0 aromatic heterocycles. The van der Waals surface area contributed by atoms with Crippen molar-refractivity contribution in [1.82, 2.24) is 5.32 Å². The zero-order valence-corrected chi connectivity index (χ0v) is 17.3. The van der Waals surface area contributed by atoms with Crippen LogP contribution in [-0.2, 0) is 0 Å². The van der Waals surface area contributed by atoms with Crippen molar-refractivity contribution in [2.75, 3.05) is 36.4 Å². The molecule has 0 aliphatic carbocycles. The third kappa shape index (κ3) is 4.58. The van der Waals surface area contributed by atoms with Crippen LogP contribution >= 0.6 is 0 Å². The molecule has 1 saturated heterocycles. The Labute approximate surface area is 178 Å². The van der Waals surface area contributed by atoms with Crippen molar-refractivity contribution in [1.29, 1.82) is 0 Å². The molecular weight excluding hydrogens is 370 g/mol. The number of nitrogens with zero attached hydrogens (tertiary/aromatic N) is 3. The highest BCUT2D eigenvalue weighted by Gasteiger charge is 2.11. The molecule has 0 radical (unpaired) electrons. The van der Waals surface area contributed by atoms with Crippen LogP contribution in [0.2, 0.25) is 0 Å².